The van der Waals surface area contributed by atoms with E-state index in [-0.39, 0.29) is 5.92 Å². The number of ether oxygens (including phenoxy) is 1. The van der Waals surface area contributed by atoms with Crippen molar-refractivity contribution in [2.45, 2.75) is 64.5 Å². The maximum Gasteiger partial charge on any atom is 0.408 e. The second-order valence-electron chi connectivity index (χ2n) is 5.90. The number of alkyl carbamates (subject to hydrolysis) is 1. The molecule has 0 radical (unpaired) electrons. The third kappa shape index (κ3) is 3.15. The van der Waals surface area contributed by atoms with Crippen LogP contribution in [0.1, 0.15) is 53.4 Å². The highest BCUT2D eigenvalue weighted by Gasteiger charge is 2.50. The van der Waals surface area contributed by atoms with Crippen LogP contribution in [0.2, 0.25) is 0 Å². The molecule has 1 saturated carbocycles. The first kappa shape index (κ1) is 14.8. The fourth-order valence-electron chi connectivity index (χ4n) is 2.62. The van der Waals surface area contributed by atoms with Gasteiger partial charge in [-0.05, 0) is 39.5 Å². The maximum absolute atomic E-state index is 11.8. The molecule has 104 valence electrons. The molecule has 0 aromatic carbocycles. The van der Waals surface area contributed by atoms with E-state index in [2.05, 4.69) is 5.32 Å². The van der Waals surface area contributed by atoms with Crippen molar-refractivity contribution in [1.29, 1.82) is 0 Å². The Hall–Kier alpha value is -1.26. The summed E-state index contributed by atoms with van der Waals surface area (Å²) in [5.41, 5.74) is -1.78. The molecule has 0 aromatic heterocycles. The molecular formula is C13H23NO4. The molecule has 1 aliphatic carbocycles. The number of carboxylic acid groups (broad SMARTS) is 1. The normalized spacial score (nSPS) is 27.9. The summed E-state index contributed by atoms with van der Waals surface area (Å²) >= 11 is 0. The van der Waals surface area contributed by atoms with Crippen LogP contribution in [0.25, 0.3) is 0 Å². The van der Waals surface area contributed by atoms with Gasteiger partial charge in [0.15, 0.2) is 0 Å². The van der Waals surface area contributed by atoms with Gasteiger partial charge in [0.25, 0.3) is 0 Å². The van der Waals surface area contributed by atoms with Crippen LogP contribution in [-0.4, -0.2) is 28.3 Å². The molecule has 0 aliphatic heterocycles. The summed E-state index contributed by atoms with van der Waals surface area (Å²) in [7, 11) is 0. The van der Waals surface area contributed by atoms with Crippen LogP contribution in [0.5, 0.6) is 0 Å². The minimum Gasteiger partial charge on any atom is -0.479 e. The van der Waals surface area contributed by atoms with E-state index in [0.29, 0.717) is 6.42 Å². The molecule has 1 fully saturated rings. The minimum absolute atomic E-state index is 0.0254. The monoisotopic (exact) mass is 257 g/mol. The minimum atomic E-state index is -1.16. The van der Waals surface area contributed by atoms with Crippen LogP contribution in [0.3, 0.4) is 0 Å². The smallest absolute Gasteiger partial charge is 0.408 e. The Bertz CT molecular complexity index is 334. The first-order valence-corrected chi connectivity index (χ1v) is 6.46. The summed E-state index contributed by atoms with van der Waals surface area (Å²) in [5, 5.41) is 12.0. The number of amides is 1. The van der Waals surface area contributed by atoms with E-state index >= 15 is 0 Å². The van der Waals surface area contributed by atoms with Gasteiger partial charge in [-0.3, -0.25) is 0 Å². The number of rotatable bonds is 3. The Balaban J connectivity index is 2.81. The highest BCUT2D eigenvalue weighted by Crippen LogP contribution is 2.38. The van der Waals surface area contributed by atoms with Crippen molar-refractivity contribution in [2.24, 2.45) is 5.92 Å². The Kier molecular flexibility index (Phi) is 4.24. The Morgan fingerprint density at radius 3 is 2.50 bits per heavy atom. The van der Waals surface area contributed by atoms with Crippen molar-refractivity contribution in [3.8, 4) is 0 Å². The molecule has 2 N–H and O–H groups in total. The van der Waals surface area contributed by atoms with Gasteiger partial charge >= 0.3 is 12.1 Å². The number of hydrogen-bond donors (Lipinski definition) is 2. The molecule has 0 saturated heterocycles. The van der Waals surface area contributed by atoms with Crippen LogP contribution >= 0.6 is 0 Å². The van der Waals surface area contributed by atoms with Crippen molar-refractivity contribution in [3.63, 3.8) is 0 Å². The van der Waals surface area contributed by atoms with Gasteiger partial charge in [-0.2, -0.15) is 0 Å². The van der Waals surface area contributed by atoms with E-state index in [4.69, 9.17) is 4.74 Å². The highest BCUT2D eigenvalue weighted by atomic mass is 16.6. The van der Waals surface area contributed by atoms with Crippen LogP contribution in [0, 0.1) is 5.92 Å². The average molecular weight is 257 g/mol. The second kappa shape index (κ2) is 5.16. The molecule has 1 rings (SSSR count). The average Bonchev–Trinajstić information content (AvgIpc) is 2.58. The van der Waals surface area contributed by atoms with Gasteiger partial charge in [0.2, 0.25) is 0 Å². The van der Waals surface area contributed by atoms with Crippen molar-refractivity contribution in [1.82, 2.24) is 5.32 Å². The summed E-state index contributed by atoms with van der Waals surface area (Å²) < 4.78 is 5.15. The zero-order valence-electron chi connectivity index (χ0n) is 11.6. The van der Waals surface area contributed by atoms with E-state index in [1.54, 1.807) is 20.8 Å². The summed E-state index contributed by atoms with van der Waals surface area (Å²) in [6.07, 6.45) is 2.21. The fraction of sp³-hybridized carbons (Fsp3) is 0.846. The third-order valence-electron chi connectivity index (χ3n) is 3.42. The fourth-order valence-corrected chi connectivity index (χ4v) is 2.62. The van der Waals surface area contributed by atoms with Crippen molar-refractivity contribution in [2.75, 3.05) is 0 Å². The van der Waals surface area contributed by atoms with Gasteiger partial charge in [0, 0.05) is 0 Å². The topological polar surface area (TPSA) is 75.6 Å². The SMILES string of the molecule is CCC1CCCC1(NC(=O)OC(C)(C)C)C(=O)O. The largest absolute Gasteiger partial charge is 0.479 e. The Morgan fingerprint density at radius 2 is 2.06 bits per heavy atom. The number of carbonyl (C=O) groups is 2. The van der Waals surface area contributed by atoms with Gasteiger partial charge in [-0.25, -0.2) is 9.59 Å². The van der Waals surface area contributed by atoms with Crippen molar-refractivity contribution < 1.29 is 19.4 Å². The predicted octanol–water partition coefficient (Wildman–Crippen LogP) is 2.54. The van der Waals surface area contributed by atoms with Gasteiger partial charge in [-0.15, -0.1) is 0 Å². The third-order valence-corrected chi connectivity index (χ3v) is 3.42. The number of hydrogen-bond acceptors (Lipinski definition) is 3. The lowest BCUT2D eigenvalue weighted by atomic mass is 9.85. The molecule has 2 unspecified atom stereocenters. The van der Waals surface area contributed by atoms with Crippen LogP contribution in [-0.2, 0) is 9.53 Å². The van der Waals surface area contributed by atoms with E-state index < -0.39 is 23.2 Å². The van der Waals surface area contributed by atoms with Crippen molar-refractivity contribution in [3.05, 3.63) is 0 Å². The predicted molar refractivity (Wildman–Crippen MR) is 67.4 cm³/mol. The van der Waals surface area contributed by atoms with Crippen LogP contribution < -0.4 is 5.32 Å². The molecule has 0 heterocycles. The molecule has 5 nitrogen and oxygen atoms in total. The van der Waals surface area contributed by atoms with Gasteiger partial charge < -0.3 is 15.2 Å². The first-order valence-electron chi connectivity index (χ1n) is 6.46. The molecule has 0 aromatic rings. The van der Waals surface area contributed by atoms with Gasteiger partial charge in [0.05, 0.1) is 0 Å². The van der Waals surface area contributed by atoms with Crippen LogP contribution in [0.4, 0.5) is 4.79 Å². The number of carbonyl (C=O) groups excluding carboxylic acids is 1. The molecule has 2 atom stereocenters. The van der Waals surface area contributed by atoms with E-state index in [9.17, 15) is 14.7 Å². The summed E-state index contributed by atoms with van der Waals surface area (Å²) in [5.74, 6) is -0.986. The Morgan fingerprint density at radius 1 is 1.44 bits per heavy atom. The second-order valence-corrected chi connectivity index (χ2v) is 5.90. The van der Waals surface area contributed by atoms with Crippen molar-refractivity contribution >= 4 is 12.1 Å². The lowest BCUT2D eigenvalue weighted by molar-refractivity contribution is -0.146. The van der Waals surface area contributed by atoms with E-state index in [0.717, 1.165) is 19.3 Å². The lowest BCUT2D eigenvalue weighted by Gasteiger charge is -2.32. The summed E-state index contributed by atoms with van der Waals surface area (Å²) in [6, 6.07) is 0. The molecule has 1 aliphatic rings. The number of nitrogens with one attached hydrogen (secondary N) is 1. The summed E-state index contributed by atoms with van der Waals surface area (Å²) in [4.78, 5) is 23.3. The Labute approximate surface area is 108 Å². The molecule has 0 spiro atoms. The molecule has 5 heteroatoms. The zero-order chi connectivity index (χ0) is 14.0. The maximum atomic E-state index is 11.8. The number of aliphatic carboxylic acids is 1. The first-order chi connectivity index (χ1) is 8.21. The van der Waals surface area contributed by atoms with Gasteiger partial charge in [-0.1, -0.05) is 19.8 Å². The summed E-state index contributed by atoms with van der Waals surface area (Å²) in [6.45, 7) is 7.22. The lowest BCUT2D eigenvalue weighted by Crippen LogP contribution is -2.57. The quantitative estimate of drug-likeness (QED) is 0.814. The molecular weight excluding hydrogens is 234 g/mol. The van der Waals surface area contributed by atoms with E-state index in [1.165, 1.54) is 0 Å². The van der Waals surface area contributed by atoms with E-state index in [1.807, 2.05) is 6.92 Å². The molecule has 18 heavy (non-hydrogen) atoms. The highest BCUT2D eigenvalue weighted by molar-refractivity contribution is 5.85. The molecule has 0 bridgehead atoms. The zero-order valence-corrected chi connectivity index (χ0v) is 11.6. The van der Waals surface area contributed by atoms with Gasteiger partial charge in [0.1, 0.15) is 11.1 Å². The molecule has 1 amide bonds. The standard InChI is InChI=1S/C13H23NO4/c1-5-9-7-6-8-13(9,10(15)16)14-11(17)18-12(2,3)4/h9H,5-8H2,1-4H3,(H,14,17)(H,15,16). The number of carboxylic acids is 1. The van der Waals surface area contributed by atoms with Crippen LogP contribution in [0.15, 0.2) is 0 Å².